The van der Waals surface area contributed by atoms with Gasteiger partial charge < -0.3 is 9.47 Å². The van der Waals surface area contributed by atoms with Crippen LogP contribution in [0.2, 0.25) is 0 Å². The molecule has 4 heteroatoms. The molecule has 0 N–H and O–H groups in total. The van der Waals surface area contributed by atoms with E-state index in [1.165, 1.54) is 67.6 Å². The van der Waals surface area contributed by atoms with Crippen molar-refractivity contribution in [2.75, 3.05) is 12.4 Å². The number of rotatable bonds is 18. The fourth-order valence-electron chi connectivity index (χ4n) is 3.79. The van der Waals surface area contributed by atoms with E-state index < -0.39 is 6.10 Å². The second-order valence-corrected chi connectivity index (χ2v) is 10.2. The summed E-state index contributed by atoms with van der Waals surface area (Å²) in [6.45, 7) is 6.60. The topological polar surface area (TPSA) is 35.5 Å². The molecule has 0 radical (unpaired) electrons. The van der Waals surface area contributed by atoms with Gasteiger partial charge >= 0.3 is 5.97 Å². The average molecular weight is 485 g/mol. The lowest BCUT2D eigenvalue weighted by Gasteiger charge is -2.14. The van der Waals surface area contributed by atoms with Crippen LogP contribution in [0.25, 0.3) is 11.1 Å². The van der Waals surface area contributed by atoms with E-state index >= 15 is 0 Å². The molecule has 0 aliphatic carbocycles. The summed E-state index contributed by atoms with van der Waals surface area (Å²) < 4.78 is 11.0. The Kier molecular flexibility index (Phi) is 14.6. The first-order valence-corrected chi connectivity index (χ1v) is 14.3. The third-order valence-corrected chi connectivity index (χ3v) is 7.04. The van der Waals surface area contributed by atoms with Crippen LogP contribution in [-0.2, 0) is 9.53 Å². The molecule has 0 heterocycles. The van der Waals surface area contributed by atoms with Crippen LogP contribution >= 0.6 is 11.8 Å². The molecule has 0 aliphatic heterocycles. The van der Waals surface area contributed by atoms with Gasteiger partial charge in [0.1, 0.15) is 5.75 Å². The molecule has 0 bridgehead atoms. The van der Waals surface area contributed by atoms with E-state index in [1.54, 1.807) is 6.92 Å². The second-order valence-electron chi connectivity index (χ2n) is 9.01. The molecular formula is C30H44O3S. The van der Waals surface area contributed by atoms with E-state index in [1.807, 2.05) is 36.0 Å². The Morgan fingerprint density at radius 2 is 1.26 bits per heavy atom. The van der Waals surface area contributed by atoms with E-state index in [0.717, 1.165) is 24.8 Å². The molecule has 0 aromatic heterocycles. The standard InChI is InChI=1S/C30H44O3S/c1-4-6-8-9-10-11-12-14-24-34-29-21-17-27(18-22-29)26-15-19-28(20-16-26)33-25(3)30(31)32-23-13-7-5-2/h15-22,25H,4-14,23-24H2,1-3H3/t25-/m1/s1. The van der Waals surface area contributed by atoms with Crippen molar-refractivity contribution in [1.29, 1.82) is 0 Å². The molecule has 188 valence electrons. The smallest absolute Gasteiger partial charge is 0.347 e. The maximum Gasteiger partial charge on any atom is 0.347 e. The highest BCUT2D eigenvalue weighted by atomic mass is 32.2. The van der Waals surface area contributed by atoms with Gasteiger partial charge in [-0.3, -0.25) is 0 Å². The fraction of sp³-hybridized carbons (Fsp3) is 0.567. The molecule has 3 nitrogen and oxygen atoms in total. The number of carbonyl (C=O) groups is 1. The lowest BCUT2D eigenvalue weighted by atomic mass is 10.1. The Hall–Kier alpha value is -1.94. The minimum atomic E-state index is -0.607. The number of ether oxygens (including phenoxy) is 2. The van der Waals surface area contributed by atoms with Gasteiger partial charge in [0.15, 0.2) is 6.10 Å². The molecule has 0 saturated heterocycles. The number of carbonyl (C=O) groups excluding carboxylic acids is 1. The predicted octanol–water partition coefficient (Wildman–Crippen LogP) is 9.09. The van der Waals surface area contributed by atoms with Crippen molar-refractivity contribution in [2.45, 2.75) is 102 Å². The Bertz CT molecular complexity index is 786. The predicted molar refractivity (Wildman–Crippen MR) is 146 cm³/mol. The van der Waals surface area contributed by atoms with Gasteiger partial charge in [-0.15, -0.1) is 11.8 Å². The number of benzene rings is 2. The van der Waals surface area contributed by atoms with Crippen molar-refractivity contribution in [3.8, 4) is 16.9 Å². The maximum atomic E-state index is 12.1. The number of hydrogen-bond acceptors (Lipinski definition) is 4. The lowest BCUT2D eigenvalue weighted by molar-refractivity contribution is -0.151. The van der Waals surface area contributed by atoms with E-state index in [9.17, 15) is 4.79 Å². The van der Waals surface area contributed by atoms with Gasteiger partial charge in [0.25, 0.3) is 0 Å². The summed E-state index contributed by atoms with van der Waals surface area (Å²) in [6, 6.07) is 16.7. The molecule has 1 atom stereocenters. The van der Waals surface area contributed by atoms with Crippen LogP contribution in [0.1, 0.15) is 91.4 Å². The van der Waals surface area contributed by atoms with Crippen LogP contribution < -0.4 is 4.74 Å². The highest BCUT2D eigenvalue weighted by molar-refractivity contribution is 7.99. The average Bonchev–Trinajstić information content (AvgIpc) is 2.86. The summed E-state index contributed by atoms with van der Waals surface area (Å²) in [7, 11) is 0. The van der Waals surface area contributed by atoms with Gasteiger partial charge in [0.05, 0.1) is 6.61 Å². The second kappa shape index (κ2) is 17.5. The molecule has 2 rings (SSSR count). The summed E-state index contributed by atoms with van der Waals surface area (Å²) in [4.78, 5) is 13.4. The van der Waals surface area contributed by atoms with Crippen LogP contribution in [0.5, 0.6) is 5.75 Å². The molecule has 0 amide bonds. The zero-order valence-electron chi connectivity index (χ0n) is 21.5. The summed E-state index contributed by atoms with van der Waals surface area (Å²) in [5.41, 5.74) is 2.33. The maximum absolute atomic E-state index is 12.1. The first-order valence-electron chi connectivity index (χ1n) is 13.3. The molecule has 0 unspecified atom stereocenters. The summed E-state index contributed by atoms with van der Waals surface area (Å²) >= 11 is 1.95. The van der Waals surface area contributed by atoms with Crippen molar-refractivity contribution in [2.24, 2.45) is 0 Å². The minimum absolute atomic E-state index is 0.305. The van der Waals surface area contributed by atoms with Gasteiger partial charge in [0, 0.05) is 4.90 Å². The van der Waals surface area contributed by atoms with Gasteiger partial charge in [-0.2, -0.15) is 0 Å². The molecule has 0 fully saturated rings. The Labute approximate surface area is 212 Å². The molecule has 2 aromatic rings. The zero-order valence-corrected chi connectivity index (χ0v) is 22.3. The molecule has 0 aliphatic rings. The van der Waals surface area contributed by atoms with Crippen molar-refractivity contribution in [1.82, 2.24) is 0 Å². The van der Waals surface area contributed by atoms with Gasteiger partial charge in [0.2, 0.25) is 0 Å². The van der Waals surface area contributed by atoms with E-state index in [0.29, 0.717) is 12.4 Å². The number of thioether (sulfide) groups is 1. The summed E-state index contributed by atoms with van der Waals surface area (Å²) in [6.07, 6.45) is 13.4. The van der Waals surface area contributed by atoms with Crippen LogP contribution in [0.15, 0.2) is 53.4 Å². The Morgan fingerprint density at radius 3 is 1.88 bits per heavy atom. The third-order valence-electron chi connectivity index (χ3n) is 5.95. The minimum Gasteiger partial charge on any atom is -0.479 e. The SMILES string of the molecule is CCCCCCCCCCSc1ccc(-c2ccc(O[C@H](C)C(=O)OCCCCC)cc2)cc1. The van der Waals surface area contributed by atoms with E-state index in [2.05, 4.69) is 38.1 Å². The van der Waals surface area contributed by atoms with Crippen molar-refractivity contribution in [3.05, 3.63) is 48.5 Å². The van der Waals surface area contributed by atoms with E-state index in [4.69, 9.17) is 9.47 Å². The third kappa shape index (κ3) is 11.5. The molecule has 0 spiro atoms. The van der Waals surface area contributed by atoms with Crippen LogP contribution in [0.4, 0.5) is 0 Å². The number of hydrogen-bond donors (Lipinski definition) is 0. The normalized spacial score (nSPS) is 11.9. The van der Waals surface area contributed by atoms with Gasteiger partial charge in [-0.25, -0.2) is 4.79 Å². The van der Waals surface area contributed by atoms with Gasteiger partial charge in [-0.1, -0.05) is 95.9 Å². The Morgan fingerprint density at radius 1 is 0.735 bits per heavy atom. The highest BCUT2D eigenvalue weighted by Crippen LogP contribution is 2.27. The summed E-state index contributed by atoms with van der Waals surface area (Å²) in [5, 5.41) is 0. The van der Waals surface area contributed by atoms with Gasteiger partial charge in [-0.05, 0) is 60.9 Å². The number of unbranched alkanes of at least 4 members (excludes halogenated alkanes) is 9. The quantitative estimate of drug-likeness (QED) is 0.120. The van der Waals surface area contributed by atoms with Crippen LogP contribution in [-0.4, -0.2) is 24.4 Å². The molecule has 2 aromatic carbocycles. The first kappa shape index (κ1) is 28.3. The zero-order chi connectivity index (χ0) is 24.4. The molecule has 34 heavy (non-hydrogen) atoms. The highest BCUT2D eigenvalue weighted by Gasteiger charge is 2.16. The monoisotopic (exact) mass is 484 g/mol. The number of esters is 1. The van der Waals surface area contributed by atoms with Crippen LogP contribution in [0, 0.1) is 0 Å². The van der Waals surface area contributed by atoms with Crippen LogP contribution in [0.3, 0.4) is 0 Å². The largest absolute Gasteiger partial charge is 0.479 e. The summed E-state index contributed by atoms with van der Waals surface area (Å²) in [5.74, 6) is 1.57. The van der Waals surface area contributed by atoms with E-state index in [-0.39, 0.29) is 5.97 Å². The first-order chi connectivity index (χ1) is 16.6. The molecular weight excluding hydrogens is 440 g/mol. The van der Waals surface area contributed by atoms with Crippen molar-refractivity contribution >= 4 is 17.7 Å². The lowest BCUT2D eigenvalue weighted by Crippen LogP contribution is -2.26. The van der Waals surface area contributed by atoms with Crippen molar-refractivity contribution in [3.63, 3.8) is 0 Å². The molecule has 0 saturated carbocycles. The van der Waals surface area contributed by atoms with Crippen molar-refractivity contribution < 1.29 is 14.3 Å². The Balaban J connectivity index is 1.69. The fourth-order valence-corrected chi connectivity index (χ4v) is 4.70.